The highest BCUT2D eigenvalue weighted by atomic mass is 35.5. The number of amidine groups is 1. The number of nitrogens with two attached hydrogens (primary N) is 1. The Morgan fingerprint density at radius 1 is 1.60 bits per heavy atom. The first-order chi connectivity index (χ1) is 4.30. The minimum atomic E-state index is -0.0302. The summed E-state index contributed by atoms with van der Waals surface area (Å²) in [6, 6.07) is 1.59. The Bertz CT molecular complexity index is 210. The molecule has 3 N–H and O–H groups in total. The molecule has 0 amide bonds. The van der Waals surface area contributed by atoms with E-state index in [1.54, 1.807) is 12.3 Å². The van der Waals surface area contributed by atoms with E-state index in [0.717, 1.165) is 0 Å². The number of rotatable bonds is 1. The molecule has 0 aliphatic rings. The van der Waals surface area contributed by atoms with E-state index in [0.29, 0.717) is 5.69 Å². The molecular weight excluding hydrogens is 152 g/mol. The Hall–Kier alpha value is -1.16. The second-order valence-corrected chi connectivity index (χ2v) is 1.51. The quantitative estimate of drug-likeness (QED) is 0.452. The predicted molar refractivity (Wildman–Crippen MR) is 40.3 cm³/mol. The Labute approximate surface area is 64.4 Å². The van der Waals surface area contributed by atoms with Gasteiger partial charge >= 0.3 is 0 Å². The third kappa shape index (κ3) is 1.99. The van der Waals surface area contributed by atoms with Crippen molar-refractivity contribution in [2.75, 3.05) is 0 Å². The normalized spacial score (nSPS) is 8.00. The van der Waals surface area contributed by atoms with Crippen molar-refractivity contribution in [2.24, 2.45) is 5.73 Å². The van der Waals surface area contributed by atoms with Crippen LogP contribution in [-0.4, -0.2) is 15.8 Å². The van der Waals surface area contributed by atoms with Crippen molar-refractivity contribution >= 4 is 18.2 Å². The van der Waals surface area contributed by atoms with E-state index in [2.05, 4.69) is 9.97 Å². The van der Waals surface area contributed by atoms with Gasteiger partial charge in [0.25, 0.3) is 0 Å². The van der Waals surface area contributed by atoms with Crippen molar-refractivity contribution in [1.82, 2.24) is 9.97 Å². The Morgan fingerprint density at radius 2 is 2.30 bits per heavy atom. The van der Waals surface area contributed by atoms with Crippen molar-refractivity contribution in [1.29, 1.82) is 5.41 Å². The zero-order valence-corrected chi connectivity index (χ0v) is 5.93. The molecule has 1 rings (SSSR count). The molecule has 0 spiro atoms. The number of nitrogens with zero attached hydrogens (tertiary/aromatic N) is 2. The van der Waals surface area contributed by atoms with Crippen LogP contribution in [0.3, 0.4) is 0 Å². The van der Waals surface area contributed by atoms with Gasteiger partial charge < -0.3 is 5.73 Å². The van der Waals surface area contributed by atoms with E-state index in [-0.39, 0.29) is 18.2 Å². The smallest absolute Gasteiger partial charge is 0.141 e. The van der Waals surface area contributed by atoms with Gasteiger partial charge in [0.15, 0.2) is 0 Å². The molecule has 0 aliphatic carbocycles. The molecule has 0 unspecified atom stereocenters. The molecule has 0 saturated carbocycles. The Balaban J connectivity index is 0.000000810. The van der Waals surface area contributed by atoms with Gasteiger partial charge in [-0.1, -0.05) is 0 Å². The molecule has 0 atom stereocenters. The summed E-state index contributed by atoms with van der Waals surface area (Å²) < 4.78 is 0. The minimum Gasteiger partial charge on any atom is -0.382 e. The van der Waals surface area contributed by atoms with Crippen LogP contribution in [0.4, 0.5) is 0 Å². The van der Waals surface area contributed by atoms with Crippen LogP contribution in [-0.2, 0) is 0 Å². The molecule has 4 nitrogen and oxygen atoms in total. The predicted octanol–water partition coefficient (Wildman–Crippen LogP) is 0.182. The number of hydrogen-bond donors (Lipinski definition) is 2. The first kappa shape index (κ1) is 8.84. The van der Waals surface area contributed by atoms with E-state index in [1.165, 1.54) is 6.33 Å². The van der Waals surface area contributed by atoms with Gasteiger partial charge in [-0.2, -0.15) is 0 Å². The molecule has 54 valence electrons. The van der Waals surface area contributed by atoms with E-state index in [4.69, 9.17) is 11.1 Å². The summed E-state index contributed by atoms with van der Waals surface area (Å²) >= 11 is 0. The molecule has 5 heteroatoms. The van der Waals surface area contributed by atoms with Gasteiger partial charge in [0, 0.05) is 6.20 Å². The number of hydrogen-bond acceptors (Lipinski definition) is 3. The van der Waals surface area contributed by atoms with Crippen molar-refractivity contribution in [3.05, 3.63) is 24.3 Å². The summed E-state index contributed by atoms with van der Waals surface area (Å²) in [4.78, 5) is 7.38. The fourth-order valence-corrected chi connectivity index (χ4v) is 0.450. The Morgan fingerprint density at radius 3 is 2.60 bits per heavy atom. The lowest BCUT2D eigenvalue weighted by Crippen LogP contribution is -2.12. The first-order valence-electron chi connectivity index (χ1n) is 2.41. The number of nitrogens with one attached hydrogen (secondary N) is 1. The van der Waals surface area contributed by atoms with Gasteiger partial charge in [-0.05, 0) is 6.07 Å². The van der Waals surface area contributed by atoms with Crippen molar-refractivity contribution in [3.63, 3.8) is 0 Å². The summed E-state index contributed by atoms with van der Waals surface area (Å²) in [6.07, 6.45) is 2.90. The molecule has 0 aliphatic heterocycles. The van der Waals surface area contributed by atoms with Gasteiger partial charge in [-0.15, -0.1) is 12.4 Å². The minimum absolute atomic E-state index is 0. The summed E-state index contributed by atoms with van der Waals surface area (Å²) in [5.41, 5.74) is 5.57. The van der Waals surface area contributed by atoms with Crippen LogP contribution in [0.25, 0.3) is 0 Å². The second kappa shape index (κ2) is 3.79. The maximum Gasteiger partial charge on any atom is 0.141 e. The lowest BCUT2D eigenvalue weighted by Gasteiger charge is -1.91. The van der Waals surface area contributed by atoms with Crippen molar-refractivity contribution < 1.29 is 0 Å². The summed E-state index contributed by atoms with van der Waals surface area (Å²) in [7, 11) is 0. The fourth-order valence-electron chi connectivity index (χ4n) is 0.450. The molecule has 1 aromatic rings. The molecule has 0 fully saturated rings. The molecule has 0 saturated heterocycles. The first-order valence-corrected chi connectivity index (χ1v) is 2.41. The number of halogens is 1. The van der Waals surface area contributed by atoms with Crippen molar-refractivity contribution in [3.8, 4) is 0 Å². The van der Waals surface area contributed by atoms with Gasteiger partial charge in [0.2, 0.25) is 0 Å². The van der Waals surface area contributed by atoms with E-state index < -0.39 is 0 Å². The van der Waals surface area contributed by atoms with Crippen LogP contribution < -0.4 is 5.73 Å². The average Bonchev–Trinajstić information content (AvgIpc) is 1.90. The monoisotopic (exact) mass is 158 g/mol. The van der Waals surface area contributed by atoms with Crippen LogP contribution in [0, 0.1) is 5.41 Å². The van der Waals surface area contributed by atoms with Crippen LogP contribution in [0.2, 0.25) is 0 Å². The van der Waals surface area contributed by atoms with E-state index >= 15 is 0 Å². The topological polar surface area (TPSA) is 75.7 Å². The third-order valence-electron chi connectivity index (χ3n) is 0.858. The van der Waals surface area contributed by atoms with Gasteiger partial charge in [-0.25, -0.2) is 9.97 Å². The highest BCUT2D eigenvalue weighted by molar-refractivity contribution is 5.92. The summed E-state index contributed by atoms with van der Waals surface area (Å²) in [5, 5.41) is 6.92. The molecule has 1 heterocycles. The van der Waals surface area contributed by atoms with E-state index in [1.807, 2.05) is 0 Å². The molecule has 1 aromatic heterocycles. The van der Waals surface area contributed by atoms with Gasteiger partial charge in [-0.3, -0.25) is 5.41 Å². The Kier molecular flexibility index (Phi) is 3.35. The molecule has 0 radical (unpaired) electrons. The van der Waals surface area contributed by atoms with Crippen LogP contribution in [0.15, 0.2) is 18.6 Å². The lowest BCUT2D eigenvalue weighted by molar-refractivity contribution is 1.14. The molecule has 0 aromatic carbocycles. The lowest BCUT2D eigenvalue weighted by atomic mass is 10.4. The molecular formula is C5H7ClN4. The fraction of sp³-hybridized carbons (Fsp3) is 0. The second-order valence-electron chi connectivity index (χ2n) is 1.51. The molecule has 0 bridgehead atoms. The maximum atomic E-state index is 6.92. The van der Waals surface area contributed by atoms with Crippen molar-refractivity contribution in [2.45, 2.75) is 0 Å². The van der Waals surface area contributed by atoms with Gasteiger partial charge in [0.05, 0.1) is 0 Å². The maximum absolute atomic E-state index is 6.92. The number of aromatic nitrogens is 2. The average molecular weight is 159 g/mol. The molecule has 10 heavy (non-hydrogen) atoms. The highest BCUT2D eigenvalue weighted by Gasteiger charge is 1.92. The summed E-state index contributed by atoms with van der Waals surface area (Å²) in [6.45, 7) is 0. The zero-order chi connectivity index (χ0) is 6.69. The zero-order valence-electron chi connectivity index (χ0n) is 5.11. The standard InChI is InChI=1S/C5H6N4.ClH/c6-5(7)4-1-2-8-3-9-4;/h1-3H,(H3,6,7);1H. The highest BCUT2D eigenvalue weighted by Crippen LogP contribution is 1.85. The van der Waals surface area contributed by atoms with E-state index in [9.17, 15) is 0 Å². The largest absolute Gasteiger partial charge is 0.382 e. The van der Waals surface area contributed by atoms with Crippen LogP contribution >= 0.6 is 12.4 Å². The van der Waals surface area contributed by atoms with Gasteiger partial charge in [0.1, 0.15) is 17.9 Å². The number of nitrogen functional groups attached to an aromatic ring is 1. The third-order valence-corrected chi connectivity index (χ3v) is 0.858. The SMILES string of the molecule is Cl.N=C(N)c1ccncn1. The summed E-state index contributed by atoms with van der Waals surface area (Å²) in [5.74, 6) is -0.0302. The van der Waals surface area contributed by atoms with Crippen LogP contribution in [0.1, 0.15) is 5.69 Å². The van der Waals surface area contributed by atoms with Crippen LogP contribution in [0.5, 0.6) is 0 Å².